The predicted molar refractivity (Wildman–Crippen MR) is 94.8 cm³/mol. The highest BCUT2D eigenvalue weighted by Crippen LogP contribution is 2.33. The average molecular weight is 297 g/mol. The van der Waals surface area contributed by atoms with Crippen LogP contribution >= 0.6 is 0 Å². The average Bonchev–Trinajstić information content (AvgIpc) is 2.61. The van der Waals surface area contributed by atoms with Gasteiger partial charge in [0.2, 0.25) is 0 Å². The molecule has 1 aromatic heterocycles. The molecule has 4 rings (SSSR count). The Morgan fingerprint density at radius 1 is 0.783 bits per heavy atom. The lowest BCUT2D eigenvalue weighted by Gasteiger charge is -2.11. The summed E-state index contributed by atoms with van der Waals surface area (Å²) < 4.78 is 0. The molecule has 0 spiro atoms. The van der Waals surface area contributed by atoms with E-state index >= 15 is 0 Å². The first-order chi connectivity index (χ1) is 11.3. The number of nitrogens with zero attached hydrogens (tertiary/aromatic N) is 1. The molecule has 110 valence electrons. The molecule has 23 heavy (non-hydrogen) atoms. The topological polar surface area (TPSA) is 30.0 Å². The van der Waals surface area contributed by atoms with Crippen LogP contribution in [0.3, 0.4) is 0 Å². The van der Waals surface area contributed by atoms with E-state index in [1.54, 1.807) is 6.20 Å². The minimum absolute atomic E-state index is 0.626. The summed E-state index contributed by atoms with van der Waals surface area (Å²) in [7, 11) is 0. The number of rotatable bonds is 2. The lowest BCUT2D eigenvalue weighted by molar-refractivity contribution is 0.112. The molecule has 0 saturated heterocycles. The van der Waals surface area contributed by atoms with Crippen molar-refractivity contribution in [3.8, 4) is 11.3 Å². The molecule has 0 amide bonds. The van der Waals surface area contributed by atoms with E-state index in [0.717, 1.165) is 28.3 Å². The maximum Gasteiger partial charge on any atom is 0.152 e. The molecule has 0 aliphatic carbocycles. The van der Waals surface area contributed by atoms with Crippen LogP contribution in [-0.4, -0.2) is 11.3 Å². The van der Waals surface area contributed by atoms with E-state index in [0.29, 0.717) is 5.56 Å². The summed E-state index contributed by atoms with van der Waals surface area (Å²) in [6.07, 6.45) is 2.53. The largest absolute Gasteiger partial charge is 0.298 e. The monoisotopic (exact) mass is 297 g/mol. The maximum atomic E-state index is 11.3. The van der Waals surface area contributed by atoms with E-state index in [-0.39, 0.29) is 0 Å². The van der Waals surface area contributed by atoms with E-state index in [1.807, 2.05) is 24.3 Å². The first-order valence-electron chi connectivity index (χ1n) is 7.61. The summed E-state index contributed by atoms with van der Waals surface area (Å²) in [6.45, 7) is 2.12. The van der Waals surface area contributed by atoms with Crippen LogP contribution in [0.2, 0.25) is 0 Å². The molecule has 0 N–H and O–H groups in total. The Balaban J connectivity index is 2.12. The van der Waals surface area contributed by atoms with Crippen LogP contribution in [0.4, 0.5) is 0 Å². The number of pyridine rings is 1. The molecule has 0 fully saturated rings. The van der Waals surface area contributed by atoms with Gasteiger partial charge in [-0.2, -0.15) is 0 Å². The zero-order chi connectivity index (χ0) is 15.8. The molecule has 3 aromatic carbocycles. The highest BCUT2D eigenvalue weighted by Gasteiger charge is 2.11. The number of hydrogen-bond acceptors (Lipinski definition) is 2. The lowest BCUT2D eigenvalue weighted by atomic mass is 9.95. The van der Waals surface area contributed by atoms with Crippen LogP contribution in [0.25, 0.3) is 32.8 Å². The SMILES string of the molecule is Cc1cccc2c(-c3ncc(C=O)c4ccccc34)cccc12. The third-order valence-electron chi connectivity index (χ3n) is 4.35. The van der Waals surface area contributed by atoms with E-state index in [9.17, 15) is 4.79 Å². The van der Waals surface area contributed by atoms with Crippen LogP contribution in [0, 0.1) is 6.92 Å². The molecule has 0 aliphatic rings. The normalized spacial score (nSPS) is 11.0. The number of carbonyl (C=O) groups is 1. The Kier molecular flexibility index (Phi) is 3.16. The summed E-state index contributed by atoms with van der Waals surface area (Å²) in [4.78, 5) is 15.9. The first-order valence-corrected chi connectivity index (χ1v) is 7.61. The van der Waals surface area contributed by atoms with Crippen molar-refractivity contribution in [3.05, 3.63) is 78.0 Å². The van der Waals surface area contributed by atoms with Gasteiger partial charge in [-0.25, -0.2) is 0 Å². The molecule has 0 atom stereocenters. The standard InChI is InChI=1S/C21H15NO/c1-14-6-4-10-18-16(14)9-5-11-20(18)21-19-8-3-2-7-17(19)15(13-23)12-22-21/h2-13H,1H3. The number of aryl methyl sites for hydroxylation is 1. The van der Waals surface area contributed by atoms with Crippen molar-refractivity contribution in [1.82, 2.24) is 4.98 Å². The van der Waals surface area contributed by atoms with Gasteiger partial charge in [-0.3, -0.25) is 9.78 Å². The third-order valence-corrected chi connectivity index (χ3v) is 4.35. The van der Waals surface area contributed by atoms with Crippen molar-refractivity contribution in [2.24, 2.45) is 0 Å². The molecular formula is C21H15NO. The molecule has 1 heterocycles. The quantitative estimate of drug-likeness (QED) is 0.477. The second-order valence-electron chi connectivity index (χ2n) is 5.70. The van der Waals surface area contributed by atoms with Crippen LogP contribution in [0.1, 0.15) is 15.9 Å². The molecule has 4 aromatic rings. The van der Waals surface area contributed by atoms with Crippen molar-refractivity contribution >= 4 is 27.8 Å². The molecule has 2 nitrogen and oxygen atoms in total. The number of fused-ring (bicyclic) bond motifs is 2. The minimum atomic E-state index is 0.626. The van der Waals surface area contributed by atoms with Gasteiger partial charge in [0, 0.05) is 22.7 Å². The van der Waals surface area contributed by atoms with E-state index in [1.165, 1.54) is 16.3 Å². The number of aromatic nitrogens is 1. The number of hydrogen-bond donors (Lipinski definition) is 0. The summed E-state index contributed by atoms with van der Waals surface area (Å²) >= 11 is 0. The Morgan fingerprint density at radius 3 is 2.30 bits per heavy atom. The minimum Gasteiger partial charge on any atom is -0.298 e. The molecule has 0 bridgehead atoms. The van der Waals surface area contributed by atoms with Gasteiger partial charge < -0.3 is 0 Å². The molecule has 0 unspecified atom stereocenters. The van der Waals surface area contributed by atoms with Crippen molar-refractivity contribution < 1.29 is 4.79 Å². The van der Waals surface area contributed by atoms with Gasteiger partial charge in [-0.1, -0.05) is 60.7 Å². The van der Waals surface area contributed by atoms with Crippen LogP contribution in [-0.2, 0) is 0 Å². The zero-order valence-electron chi connectivity index (χ0n) is 12.8. The Hall–Kier alpha value is -3.00. The first kappa shape index (κ1) is 13.6. The van der Waals surface area contributed by atoms with Crippen LogP contribution < -0.4 is 0 Å². The van der Waals surface area contributed by atoms with Gasteiger partial charge in [0.05, 0.1) is 5.69 Å². The zero-order valence-corrected chi connectivity index (χ0v) is 12.8. The van der Waals surface area contributed by atoms with Crippen molar-refractivity contribution in [3.63, 3.8) is 0 Å². The van der Waals surface area contributed by atoms with Gasteiger partial charge >= 0.3 is 0 Å². The second kappa shape index (κ2) is 5.33. The fraction of sp³-hybridized carbons (Fsp3) is 0.0476. The molecule has 2 heteroatoms. The highest BCUT2D eigenvalue weighted by molar-refractivity contribution is 6.08. The van der Waals surface area contributed by atoms with Crippen molar-refractivity contribution in [1.29, 1.82) is 0 Å². The van der Waals surface area contributed by atoms with E-state index in [4.69, 9.17) is 0 Å². The lowest BCUT2D eigenvalue weighted by Crippen LogP contribution is -1.92. The Bertz CT molecular complexity index is 1050. The fourth-order valence-electron chi connectivity index (χ4n) is 3.20. The highest BCUT2D eigenvalue weighted by atomic mass is 16.1. The van der Waals surface area contributed by atoms with Crippen LogP contribution in [0.5, 0.6) is 0 Å². The van der Waals surface area contributed by atoms with Gasteiger partial charge in [0.25, 0.3) is 0 Å². The summed E-state index contributed by atoms with van der Waals surface area (Å²) in [5.41, 5.74) is 3.89. The molecule has 0 saturated carbocycles. The second-order valence-corrected chi connectivity index (χ2v) is 5.70. The Labute approximate surface area is 134 Å². The molecule has 0 aliphatic heterocycles. The van der Waals surface area contributed by atoms with E-state index in [2.05, 4.69) is 48.3 Å². The van der Waals surface area contributed by atoms with Gasteiger partial charge in [-0.15, -0.1) is 0 Å². The van der Waals surface area contributed by atoms with Crippen molar-refractivity contribution in [2.45, 2.75) is 6.92 Å². The molecular weight excluding hydrogens is 282 g/mol. The summed E-state index contributed by atoms with van der Waals surface area (Å²) in [5.74, 6) is 0. The summed E-state index contributed by atoms with van der Waals surface area (Å²) in [6, 6.07) is 20.5. The number of carbonyl (C=O) groups excluding carboxylic acids is 1. The van der Waals surface area contributed by atoms with Crippen LogP contribution in [0.15, 0.2) is 66.9 Å². The van der Waals surface area contributed by atoms with Gasteiger partial charge in [0.15, 0.2) is 6.29 Å². The van der Waals surface area contributed by atoms with Gasteiger partial charge in [-0.05, 0) is 28.6 Å². The van der Waals surface area contributed by atoms with Gasteiger partial charge in [0.1, 0.15) is 0 Å². The maximum absolute atomic E-state index is 11.3. The number of aldehydes is 1. The third kappa shape index (κ3) is 2.11. The predicted octanol–water partition coefficient (Wildman–Crippen LogP) is 5.18. The fourth-order valence-corrected chi connectivity index (χ4v) is 3.20. The molecule has 0 radical (unpaired) electrons. The number of benzene rings is 3. The Morgan fingerprint density at radius 2 is 1.48 bits per heavy atom. The smallest absolute Gasteiger partial charge is 0.152 e. The van der Waals surface area contributed by atoms with Crippen molar-refractivity contribution in [2.75, 3.05) is 0 Å². The summed E-state index contributed by atoms with van der Waals surface area (Å²) in [5, 5.41) is 4.36. The van der Waals surface area contributed by atoms with E-state index < -0.39 is 0 Å².